The van der Waals surface area contributed by atoms with Gasteiger partial charge in [-0.15, -0.1) is 0 Å². The summed E-state index contributed by atoms with van der Waals surface area (Å²) in [5, 5.41) is 4.05. The van der Waals surface area contributed by atoms with E-state index >= 15 is 0 Å². The van der Waals surface area contributed by atoms with Crippen molar-refractivity contribution in [3.8, 4) is 0 Å². The van der Waals surface area contributed by atoms with Crippen molar-refractivity contribution >= 4 is 34.1 Å². The summed E-state index contributed by atoms with van der Waals surface area (Å²) in [5.74, 6) is -0.152. The molecule has 6 heteroatoms. The van der Waals surface area contributed by atoms with E-state index < -0.39 is 0 Å². The molecule has 26 heavy (non-hydrogen) atoms. The molecular weight excluding hydrogens is 392 g/mol. The Bertz CT molecular complexity index is 802. The molecule has 1 aliphatic heterocycles. The Kier molecular flexibility index (Phi) is 6.33. The van der Waals surface area contributed by atoms with Crippen molar-refractivity contribution in [1.29, 1.82) is 0 Å². The third kappa shape index (κ3) is 5.11. The highest BCUT2D eigenvalue weighted by Gasteiger charge is 2.29. The molecule has 1 amide bonds. The van der Waals surface area contributed by atoms with E-state index in [9.17, 15) is 4.79 Å². The normalized spacial score (nSPS) is 20.5. The van der Waals surface area contributed by atoms with E-state index in [0.29, 0.717) is 6.42 Å². The van der Waals surface area contributed by atoms with Gasteiger partial charge in [0.2, 0.25) is 0 Å². The molecule has 2 atom stereocenters. The van der Waals surface area contributed by atoms with Crippen LogP contribution in [0.25, 0.3) is 6.08 Å². The van der Waals surface area contributed by atoms with Gasteiger partial charge in [0.1, 0.15) is 6.04 Å². The van der Waals surface area contributed by atoms with E-state index in [1.54, 1.807) is 6.21 Å². The summed E-state index contributed by atoms with van der Waals surface area (Å²) in [5.41, 5.74) is 12.0. The summed E-state index contributed by atoms with van der Waals surface area (Å²) in [6.45, 7) is 1.95. The molecule has 134 valence electrons. The molecule has 2 aromatic rings. The number of nitrogens with zero attached hydrogens (tertiary/aromatic N) is 1. The first-order valence-electron chi connectivity index (χ1n) is 8.44. The van der Waals surface area contributed by atoms with Gasteiger partial charge in [-0.3, -0.25) is 4.79 Å². The maximum absolute atomic E-state index is 12.3. The van der Waals surface area contributed by atoms with Crippen molar-refractivity contribution in [2.24, 2.45) is 5.10 Å². The van der Waals surface area contributed by atoms with Gasteiger partial charge in [0.05, 0.1) is 6.21 Å². The number of hydrazine groups is 1. The summed E-state index contributed by atoms with van der Waals surface area (Å²) >= 11 is 3.43. The number of rotatable bonds is 5. The number of nitrogens with one attached hydrogen (secondary N) is 3. The molecule has 5 nitrogen and oxygen atoms in total. The monoisotopic (exact) mass is 412 g/mol. The Balaban J connectivity index is 1.51. The third-order valence-electron chi connectivity index (χ3n) is 4.13. The van der Waals surface area contributed by atoms with Crippen LogP contribution < -0.4 is 16.3 Å². The summed E-state index contributed by atoms with van der Waals surface area (Å²) < 4.78 is 1.04. The number of allylic oxidation sites excluding steroid dienone is 1. The molecule has 2 unspecified atom stereocenters. The van der Waals surface area contributed by atoms with Crippen LogP contribution in [0.5, 0.6) is 0 Å². The van der Waals surface area contributed by atoms with E-state index in [1.807, 2.05) is 67.6 Å². The van der Waals surface area contributed by atoms with Crippen molar-refractivity contribution in [3.05, 3.63) is 75.8 Å². The highest BCUT2D eigenvalue weighted by atomic mass is 79.9. The Morgan fingerprint density at radius 2 is 1.88 bits per heavy atom. The quantitative estimate of drug-likeness (QED) is 0.519. The van der Waals surface area contributed by atoms with Gasteiger partial charge in [0.25, 0.3) is 5.91 Å². The van der Waals surface area contributed by atoms with Crippen LogP contribution in [0.4, 0.5) is 0 Å². The van der Waals surface area contributed by atoms with Gasteiger partial charge in [-0.05, 0) is 42.2 Å². The minimum Gasteiger partial charge on any atom is -0.271 e. The Hall–Kier alpha value is -2.28. The molecule has 0 radical (unpaired) electrons. The fraction of sp³-hybridized carbons (Fsp3) is 0.200. The zero-order chi connectivity index (χ0) is 18.4. The van der Waals surface area contributed by atoms with Gasteiger partial charge in [-0.2, -0.15) is 5.10 Å². The van der Waals surface area contributed by atoms with Crippen LogP contribution in [0.2, 0.25) is 0 Å². The first-order chi connectivity index (χ1) is 12.6. The lowest BCUT2D eigenvalue weighted by atomic mass is 10.0. The fourth-order valence-corrected chi connectivity index (χ4v) is 3.03. The Morgan fingerprint density at radius 3 is 2.62 bits per heavy atom. The van der Waals surface area contributed by atoms with Gasteiger partial charge in [-0.25, -0.2) is 16.3 Å². The fourth-order valence-electron chi connectivity index (χ4n) is 2.77. The molecule has 0 spiro atoms. The van der Waals surface area contributed by atoms with E-state index in [4.69, 9.17) is 0 Å². The molecule has 3 rings (SSSR count). The molecule has 0 aliphatic carbocycles. The number of hydrogen-bond donors (Lipinski definition) is 3. The number of carbonyl (C=O) groups excluding carboxylic acids is 1. The number of carbonyl (C=O) groups is 1. The van der Waals surface area contributed by atoms with Crippen molar-refractivity contribution in [3.63, 3.8) is 0 Å². The van der Waals surface area contributed by atoms with Crippen LogP contribution in [-0.2, 0) is 4.79 Å². The lowest BCUT2D eigenvalue weighted by Gasteiger charge is -2.09. The van der Waals surface area contributed by atoms with Crippen molar-refractivity contribution in [2.75, 3.05) is 0 Å². The number of benzene rings is 2. The first-order valence-corrected chi connectivity index (χ1v) is 9.24. The zero-order valence-electron chi connectivity index (χ0n) is 14.4. The molecule has 1 fully saturated rings. The smallest absolute Gasteiger partial charge is 0.258 e. The molecule has 3 N–H and O–H groups in total. The second-order valence-corrected chi connectivity index (χ2v) is 7.13. The van der Waals surface area contributed by atoms with Gasteiger partial charge in [0.15, 0.2) is 0 Å². The number of amides is 1. The average molecular weight is 413 g/mol. The van der Waals surface area contributed by atoms with Gasteiger partial charge in [-0.1, -0.05) is 64.5 Å². The lowest BCUT2D eigenvalue weighted by molar-refractivity contribution is -0.122. The molecule has 0 aromatic heterocycles. The minimum atomic E-state index is -0.320. The summed E-state index contributed by atoms with van der Waals surface area (Å²) in [7, 11) is 0. The second kappa shape index (κ2) is 8.89. The minimum absolute atomic E-state index is 0.0996. The lowest BCUT2D eigenvalue weighted by Crippen LogP contribution is -2.41. The first kappa shape index (κ1) is 18.5. The third-order valence-corrected chi connectivity index (χ3v) is 4.66. The zero-order valence-corrected chi connectivity index (χ0v) is 16.0. The number of hydrogen-bond acceptors (Lipinski definition) is 4. The molecule has 0 bridgehead atoms. The summed E-state index contributed by atoms with van der Waals surface area (Å²) in [6.07, 6.45) is 4.33. The van der Waals surface area contributed by atoms with E-state index in [-0.39, 0.29) is 18.0 Å². The largest absolute Gasteiger partial charge is 0.271 e. The Morgan fingerprint density at radius 1 is 1.15 bits per heavy atom. The molecule has 1 saturated heterocycles. The van der Waals surface area contributed by atoms with Gasteiger partial charge < -0.3 is 0 Å². The molecule has 2 aromatic carbocycles. The predicted molar refractivity (Wildman–Crippen MR) is 108 cm³/mol. The standard InChI is InChI=1S/C20H21BrN4O/c1-14(11-15-5-3-2-4-6-15)13-22-25-20(26)19-12-18(23-24-19)16-7-9-17(21)10-8-16/h2-11,13,18-19,23-24H,12H2,1H3,(H,25,26)/b14-11+,22-13+. The number of hydrazone groups is 1. The van der Waals surface area contributed by atoms with Crippen molar-refractivity contribution in [2.45, 2.75) is 25.4 Å². The van der Waals surface area contributed by atoms with E-state index in [1.165, 1.54) is 0 Å². The second-order valence-electron chi connectivity index (χ2n) is 6.21. The Labute approximate surface area is 161 Å². The highest BCUT2D eigenvalue weighted by molar-refractivity contribution is 9.10. The van der Waals surface area contributed by atoms with E-state index in [0.717, 1.165) is 21.2 Å². The highest BCUT2D eigenvalue weighted by Crippen LogP contribution is 2.23. The summed E-state index contributed by atoms with van der Waals surface area (Å²) in [6, 6.07) is 17.8. The SMILES string of the molecule is CC(/C=N/NC(=O)C1CC(c2ccc(Br)cc2)NN1)=C\c1ccccc1. The van der Waals surface area contributed by atoms with Crippen LogP contribution in [0.15, 0.2) is 69.7 Å². The van der Waals surface area contributed by atoms with Crippen LogP contribution in [-0.4, -0.2) is 18.2 Å². The topological polar surface area (TPSA) is 65.5 Å². The predicted octanol–water partition coefficient (Wildman–Crippen LogP) is 3.56. The van der Waals surface area contributed by atoms with Gasteiger partial charge in [0, 0.05) is 10.5 Å². The number of halogens is 1. The molecule has 1 heterocycles. The maximum atomic E-state index is 12.3. The van der Waals surface area contributed by atoms with Crippen LogP contribution in [0, 0.1) is 0 Å². The molecule has 0 saturated carbocycles. The summed E-state index contributed by atoms with van der Waals surface area (Å²) in [4.78, 5) is 12.3. The van der Waals surface area contributed by atoms with Crippen molar-refractivity contribution in [1.82, 2.24) is 16.3 Å². The van der Waals surface area contributed by atoms with Gasteiger partial charge >= 0.3 is 0 Å². The van der Waals surface area contributed by atoms with Crippen molar-refractivity contribution < 1.29 is 4.79 Å². The van der Waals surface area contributed by atoms with Crippen LogP contribution in [0.1, 0.15) is 30.5 Å². The molecule has 1 aliphatic rings. The average Bonchev–Trinajstić information content (AvgIpc) is 3.13. The van der Waals surface area contributed by atoms with Crippen LogP contribution >= 0.6 is 15.9 Å². The van der Waals surface area contributed by atoms with Crippen LogP contribution in [0.3, 0.4) is 0 Å². The maximum Gasteiger partial charge on any atom is 0.258 e. The van der Waals surface area contributed by atoms with E-state index in [2.05, 4.69) is 37.3 Å². The molecular formula is C20H21BrN4O.